The summed E-state index contributed by atoms with van der Waals surface area (Å²) in [5.41, 5.74) is 22.3. The Kier molecular flexibility index (Phi) is 21.3. The summed E-state index contributed by atoms with van der Waals surface area (Å²) in [6.07, 6.45) is 4.18. The third kappa shape index (κ3) is 15.4. The van der Waals surface area contributed by atoms with E-state index >= 15 is 0 Å². The number of nitrogens with one attached hydrogen (secondary N) is 3. The third-order valence-corrected chi connectivity index (χ3v) is 18.9. The second-order valence-corrected chi connectivity index (χ2v) is 25.3. The molecule has 13 rings (SSSR count). The predicted molar refractivity (Wildman–Crippen MR) is 362 cm³/mol. The van der Waals surface area contributed by atoms with Crippen molar-refractivity contribution < 1.29 is 76.5 Å². The molecule has 3 saturated carbocycles. The van der Waals surface area contributed by atoms with Gasteiger partial charge >= 0.3 is 5.97 Å². The third-order valence-electron chi connectivity index (χ3n) is 18.9. The van der Waals surface area contributed by atoms with Gasteiger partial charge in [-0.2, -0.15) is 0 Å². The molecule has 5 amide bonds. The second-order valence-electron chi connectivity index (χ2n) is 25.3. The van der Waals surface area contributed by atoms with Gasteiger partial charge in [0, 0.05) is 50.4 Å². The van der Waals surface area contributed by atoms with Gasteiger partial charge in [0.05, 0.1) is 69.0 Å². The lowest BCUT2D eigenvalue weighted by Crippen LogP contribution is -2.33. The van der Waals surface area contributed by atoms with E-state index in [0.29, 0.717) is 22.4 Å². The summed E-state index contributed by atoms with van der Waals surface area (Å²) in [5, 5.41) is 29.4. The quantitative estimate of drug-likeness (QED) is 0.0158. The number of rotatable bonds is 24. The van der Waals surface area contributed by atoms with Crippen LogP contribution in [0.2, 0.25) is 0 Å². The average Bonchev–Trinajstić information content (AvgIpc) is 1.59. The number of amides is 5. The number of nitrogens with zero attached hydrogens (tertiary/aromatic N) is 4. The first kappa shape index (κ1) is 70.9. The van der Waals surface area contributed by atoms with E-state index < -0.39 is 87.0 Å². The van der Waals surface area contributed by atoms with Crippen molar-refractivity contribution >= 4 is 68.2 Å². The summed E-state index contributed by atoms with van der Waals surface area (Å²) >= 11 is 0. The van der Waals surface area contributed by atoms with Gasteiger partial charge in [0.2, 0.25) is 29.5 Å². The standard InChI is InChI=1S/C27H23FN4O4.C25H25FN2O5.C24H24FN3O4/c28-20-11-16(13-27(26(29)34)14-19(27)25(33)32-35)8-9-24(20)36-15-17-12-23(22-7-3-4-10-30-22)31-21-6-2-1-5-18(17)21;1-3-17-11-16(18-6-4-5-7-21(18)27-17)14-33-22-9-8-15(10-20(22)26)12-25(24(30)32-2)13-19(25)23(29)28-31;1-2-16-10-15(17-5-3-4-6-20(17)27-16)13-32-21-8-7-14(9-19(21)25)11-24(23(26)30)12-18(24)22(29)28-31/h1-12,19,35H,13-15H2,(H2,29,34)(H,32,33);4-11,19,31H,3,12-14H2,1-2H3,(H,28,29);3-10,18,31H,2,11-13H2,1H3,(H2,26,30)(H,28,29)/t19-,27+;19-,25+;18-,24+/m111/s1. The fourth-order valence-electron chi connectivity index (χ4n) is 13.1. The van der Waals surface area contributed by atoms with Crippen LogP contribution in [0.1, 0.15) is 77.9 Å². The van der Waals surface area contributed by atoms with Gasteiger partial charge in [0.1, 0.15) is 19.8 Å². The summed E-state index contributed by atoms with van der Waals surface area (Å²) in [6.45, 7) is 4.50. The van der Waals surface area contributed by atoms with Gasteiger partial charge in [-0.3, -0.25) is 59.3 Å². The van der Waals surface area contributed by atoms with Gasteiger partial charge in [-0.1, -0.05) is 92.7 Å². The van der Waals surface area contributed by atoms with Crippen LogP contribution in [0.4, 0.5) is 13.2 Å². The molecule has 0 bridgehead atoms. The Balaban J connectivity index is 0.000000153. The number of carbonyl (C=O) groups excluding carboxylic acids is 6. The molecule has 0 spiro atoms. The number of hydrogen-bond acceptors (Lipinski definition) is 17. The molecule has 25 heteroatoms. The Bertz CT molecular complexity index is 4820. The molecule has 10 N–H and O–H groups in total. The van der Waals surface area contributed by atoms with Crippen molar-refractivity contribution in [1.82, 2.24) is 36.4 Å². The van der Waals surface area contributed by atoms with Crippen molar-refractivity contribution in [2.75, 3.05) is 7.11 Å². The van der Waals surface area contributed by atoms with Crippen LogP contribution in [-0.2, 0) is 85.4 Å². The van der Waals surface area contributed by atoms with Crippen molar-refractivity contribution in [1.29, 1.82) is 0 Å². The summed E-state index contributed by atoms with van der Waals surface area (Å²) in [6, 6.07) is 47.8. The highest BCUT2D eigenvalue weighted by molar-refractivity contribution is 5.96. The fourth-order valence-corrected chi connectivity index (χ4v) is 13.1. The Hall–Kier alpha value is -11.4. The van der Waals surface area contributed by atoms with E-state index in [4.69, 9.17) is 51.0 Å². The van der Waals surface area contributed by atoms with E-state index in [9.17, 15) is 41.9 Å². The second kappa shape index (κ2) is 30.4. The molecule has 6 atom stereocenters. The summed E-state index contributed by atoms with van der Waals surface area (Å²) < 4.78 is 66.8. The van der Waals surface area contributed by atoms with Gasteiger partial charge in [0.25, 0.3) is 0 Å². The number of halogens is 3. The zero-order valence-electron chi connectivity index (χ0n) is 55.2. The molecule has 6 aromatic carbocycles. The molecule has 3 aliphatic carbocycles. The van der Waals surface area contributed by atoms with Crippen molar-refractivity contribution in [3.05, 3.63) is 232 Å². The van der Waals surface area contributed by atoms with E-state index in [-0.39, 0.29) is 75.6 Å². The van der Waals surface area contributed by atoms with Crippen molar-refractivity contribution in [2.24, 2.45) is 45.5 Å². The van der Waals surface area contributed by atoms with E-state index in [1.807, 2.05) is 123 Å². The van der Waals surface area contributed by atoms with Crippen LogP contribution in [0.15, 0.2) is 170 Å². The van der Waals surface area contributed by atoms with Gasteiger partial charge in [0.15, 0.2) is 34.7 Å². The highest BCUT2D eigenvalue weighted by Crippen LogP contribution is 2.57. The number of para-hydroxylation sites is 3. The first-order chi connectivity index (χ1) is 48.7. The Morgan fingerprint density at radius 1 is 0.465 bits per heavy atom. The van der Waals surface area contributed by atoms with Crippen molar-refractivity contribution in [2.45, 2.75) is 85.0 Å². The number of aromatic nitrogens is 4. The Labute approximate surface area is 577 Å². The topological polar surface area (TPSA) is 340 Å². The highest BCUT2D eigenvalue weighted by Gasteiger charge is 2.65. The monoisotopic (exact) mass is 1380 g/mol. The Morgan fingerprint density at radius 3 is 1.18 bits per heavy atom. The zero-order valence-corrected chi connectivity index (χ0v) is 55.2. The average molecular weight is 1380 g/mol. The fraction of sp³-hybridized carbons (Fsp3) is 0.263. The van der Waals surface area contributed by atoms with Crippen molar-refractivity contribution in [3.63, 3.8) is 0 Å². The first-order valence-electron chi connectivity index (χ1n) is 32.5. The maximum absolute atomic E-state index is 14.9. The molecule has 0 unspecified atom stereocenters. The van der Waals surface area contributed by atoms with Gasteiger partial charge in [-0.05, 0) is 153 Å². The summed E-state index contributed by atoms with van der Waals surface area (Å²) in [7, 11) is 1.24. The zero-order chi connectivity index (χ0) is 71.8. The largest absolute Gasteiger partial charge is 0.486 e. The van der Waals surface area contributed by atoms with Crippen LogP contribution in [0.25, 0.3) is 44.1 Å². The Morgan fingerprint density at radius 2 is 0.822 bits per heavy atom. The molecule has 3 aliphatic rings. The van der Waals surface area contributed by atoms with E-state index in [2.05, 4.69) is 15.0 Å². The smallest absolute Gasteiger partial charge is 0.312 e. The molecular weight excluding hydrogens is 1300 g/mol. The number of methoxy groups -OCH3 is 1. The number of aryl methyl sites for hydroxylation is 2. The number of esters is 1. The first-order valence-corrected chi connectivity index (χ1v) is 32.5. The minimum atomic E-state index is -1.14. The summed E-state index contributed by atoms with van der Waals surface area (Å²) in [5.74, 6) is -7.57. The lowest BCUT2D eigenvalue weighted by Gasteiger charge is -2.16. The van der Waals surface area contributed by atoms with E-state index in [1.54, 1.807) is 40.8 Å². The van der Waals surface area contributed by atoms with Gasteiger partial charge in [-0.15, -0.1) is 0 Å². The normalized spacial score (nSPS) is 19.1. The molecule has 520 valence electrons. The van der Waals surface area contributed by atoms with Crippen LogP contribution in [0.5, 0.6) is 17.2 Å². The number of fused-ring (bicyclic) bond motifs is 3. The van der Waals surface area contributed by atoms with Crippen LogP contribution in [-0.4, -0.2) is 78.2 Å². The molecule has 101 heavy (non-hydrogen) atoms. The minimum absolute atomic E-state index is 0.0487. The molecular formula is C76H72F3N9O13. The van der Waals surface area contributed by atoms with E-state index in [0.717, 1.165) is 79.3 Å². The molecule has 4 heterocycles. The number of pyridine rings is 4. The number of ether oxygens (including phenoxy) is 4. The number of hydroxylamine groups is 3. The molecule has 4 aromatic heterocycles. The van der Waals surface area contributed by atoms with Crippen molar-refractivity contribution in [3.8, 4) is 28.6 Å². The van der Waals surface area contributed by atoms with Crippen LogP contribution in [0, 0.1) is 51.5 Å². The van der Waals surface area contributed by atoms with Gasteiger partial charge in [-0.25, -0.2) is 34.6 Å². The highest BCUT2D eigenvalue weighted by atomic mass is 19.1. The number of hydrogen-bond donors (Lipinski definition) is 8. The van der Waals surface area contributed by atoms with Crippen LogP contribution < -0.4 is 42.1 Å². The minimum Gasteiger partial charge on any atom is -0.486 e. The molecule has 0 radical (unpaired) electrons. The molecule has 22 nitrogen and oxygen atoms in total. The van der Waals surface area contributed by atoms with Gasteiger partial charge < -0.3 is 30.4 Å². The maximum Gasteiger partial charge on any atom is 0.312 e. The van der Waals surface area contributed by atoms with E-state index in [1.165, 1.54) is 43.5 Å². The lowest BCUT2D eigenvalue weighted by atomic mass is 9.92. The number of carbonyl (C=O) groups is 6. The van der Waals surface area contributed by atoms with Crippen LogP contribution in [0.3, 0.4) is 0 Å². The molecule has 0 saturated heterocycles. The summed E-state index contributed by atoms with van der Waals surface area (Å²) in [4.78, 5) is 89.8. The maximum atomic E-state index is 14.9. The number of benzene rings is 6. The lowest BCUT2D eigenvalue weighted by molar-refractivity contribution is -0.149. The SMILES string of the molecule is CCc1cc(COc2ccc(C[C@]3(C(=O)OC)C[C@@H]3C(=O)NO)cc2F)c2ccccc2n1.CCc1cc(COc2ccc(C[C@]3(C(N)=O)C[C@@H]3C(=O)NO)cc2F)c2ccccc2n1.NC(=O)[C@@]1(Cc2ccc(OCc3cc(-c4ccccn4)nc4ccccc34)c(F)c2)C[C@@H]1C(=O)NO. The molecule has 3 fully saturated rings. The van der Waals surface area contributed by atoms with Crippen LogP contribution >= 0.6 is 0 Å². The number of primary amides is 2. The number of nitrogens with two attached hydrogens (primary N) is 2. The molecule has 10 aromatic rings. The molecule has 0 aliphatic heterocycles. The predicted octanol–water partition coefficient (Wildman–Crippen LogP) is 10.4.